The van der Waals surface area contributed by atoms with Crippen molar-refractivity contribution in [1.29, 1.82) is 0 Å². The summed E-state index contributed by atoms with van der Waals surface area (Å²) in [6.45, 7) is 16.3. The minimum atomic E-state index is -2.02. The number of esters is 2. The van der Waals surface area contributed by atoms with E-state index in [-0.39, 0.29) is 62.0 Å². The second kappa shape index (κ2) is 18.3. The molecule has 332 valence electrons. The maximum absolute atomic E-state index is 14.8. The van der Waals surface area contributed by atoms with Gasteiger partial charge in [0.2, 0.25) is 0 Å². The van der Waals surface area contributed by atoms with Gasteiger partial charge in [0.15, 0.2) is 5.75 Å². The lowest BCUT2D eigenvalue weighted by molar-refractivity contribution is -0.160. The van der Waals surface area contributed by atoms with Gasteiger partial charge in [0.25, 0.3) is 11.7 Å². The Balaban J connectivity index is 1.84. The standard InChI is InChI=1S/C46H60N2O13/c1-13-16-28-30(45(56)58-14-2)32-35-40(53)33-31(36(32)48(28)11)34-42(26(8)39(33)52)61-46(10,43(34)54)59-20-19-29(57-12)23(5)41(60-27(9)49)25(7)38(51)24(6)37(50)21(3)17-15-18-22(4)44(55)47-35/h15,17-21,23-25,29,37-38,41,50-53H,13-14,16H2,1-12H3,(H,47,55). The summed E-state index contributed by atoms with van der Waals surface area (Å²) in [5.74, 6) is -8.22. The summed E-state index contributed by atoms with van der Waals surface area (Å²) in [5.41, 5.74) is 0.870. The molecule has 0 radical (unpaired) electrons. The van der Waals surface area contributed by atoms with E-state index < -0.39 is 89.0 Å². The Labute approximate surface area is 355 Å². The number of aromatic hydroxyl groups is 2. The summed E-state index contributed by atoms with van der Waals surface area (Å²) >= 11 is 0. The third-order valence-electron chi connectivity index (χ3n) is 12.2. The molecule has 0 saturated heterocycles. The van der Waals surface area contributed by atoms with Crippen molar-refractivity contribution in [2.45, 2.75) is 112 Å². The summed E-state index contributed by atoms with van der Waals surface area (Å²) < 4.78 is 31.2. The number of allylic oxidation sites excluding steroid dienone is 2. The van der Waals surface area contributed by atoms with Gasteiger partial charge in [-0.15, -0.1) is 0 Å². The molecule has 15 nitrogen and oxygen atoms in total. The Kier molecular flexibility index (Phi) is 14.0. The molecule has 3 aromatic rings. The van der Waals surface area contributed by atoms with Gasteiger partial charge in [0.05, 0.1) is 58.9 Å². The van der Waals surface area contributed by atoms with Crippen LogP contribution in [0, 0.1) is 30.6 Å². The first-order valence-electron chi connectivity index (χ1n) is 20.7. The van der Waals surface area contributed by atoms with Crippen molar-refractivity contribution < 1.29 is 63.3 Å². The van der Waals surface area contributed by atoms with Crippen LogP contribution in [0.5, 0.6) is 17.2 Å². The quantitative estimate of drug-likeness (QED) is 0.130. The molecule has 2 aliphatic heterocycles. The Bertz CT molecular complexity index is 2320. The SMILES string of the molecule is CCCc1c(C(=O)OCC)c2c3c(O)c4c(O)c(C)c5c(c4c2n1C)C(=O)C(C)(OC=CC(OC)C(C)C(OC(C)=O)C(C)C(O)C(C)C(O)C(C)C=CC=C(C)C(=O)N3)O5. The third-order valence-corrected chi connectivity index (χ3v) is 12.2. The number of nitrogens with one attached hydrogen (secondary N) is 1. The molecule has 1 amide bonds. The fourth-order valence-electron chi connectivity index (χ4n) is 8.70. The zero-order valence-electron chi connectivity index (χ0n) is 37.0. The number of amides is 1. The van der Waals surface area contributed by atoms with E-state index in [9.17, 15) is 39.6 Å². The lowest BCUT2D eigenvalue weighted by atomic mass is 9.78. The minimum absolute atomic E-state index is 0.0182. The number of aromatic nitrogens is 1. The van der Waals surface area contributed by atoms with E-state index in [0.29, 0.717) is 18.5 Å². The summed E-state index contributed by atoms with van der Waals surface area (Å²) in [6, 6.07) is 0. The molecule has 15 heteroatoms. The first-order chi connectivity index (χ1) is 28.7. The lowest BCUT2D eigenvalue weighted by Crippen LogP contribution is -2.46. The zero-order chi connectivity index (χ0) is 45.4. The molecule has 3 heterocycles. The lowest BCUT2D eigenvalue weighted by Gasteiger charge is -2.38. The van der Waals surface area contributed by atoms with E-state index in [2.05, 4.69) is 5.32 Å². The number of phenolic OH excluding ortho intramolecular Hbond substituents is 2. The van der Waals surface area contributed by atoms with Gasteiger partial charge in [-0.3, -0.25) is 14.4 Å². The van der Waals surface area contributed by atoms with Crippen LogP contribution in [-0.2, 0) is 42.0 Å². The maximum Gasteiger partial charge on any atom is 0.340 e. The Morgan fingerprint density at radius 1 is 0.951 bits per heavy atom. The summed E-state index contributed by atoms with van der Waals surface area (Å²) in [5, 5.41) is 49.8. The zero-order valence-corrected chi connectivity index (χ0v) is 37.0. The first-order valence-corrected chi connectivity index (χ1v) is 20.7. The highest BCUT2D eigenvalue weighted by Crippen LogP contribution is 2.55. The van der Waals surface area contributed by atoms with Gasteiger partial charge >= 0.3 is 17.7 Å². The van der Waals surface area contributed by atoms with Crippen molar-refractivity contribution in [1.82, 2.24) is 4.57 Å². The van der Waals surface area contributed by atoms with E-state index >= 15 is 0 Å². The van der Waals surface area contributed by atoms with Gasteiger partial charge in [-0.1, -0.05) is 59.3 Å². The summed E-state index contributed by atoms with van der Waals surface area (Å²) in [4.78, 5) is 55.1. The molecule has 1 aromatic heterocycles. The van der Waals surface area contributed by atoms with Gasteiger partial charge in [-0.05, 0) is 33.3 Å². The van der Waals surface area contributed by atoms with E-state index in [1.165, 1.54) is 53.2 Å². The van der Waals surface area contributed by atoms with Crippen molar-refractivity contribution >= 4 is 51.0 Å². The summed E-state index contributed by atoms with van der Waals surface area (Å²) in [7, 11) is 3.14. The highest BCUT2D eigenvalue weighted by atomic mass is 16.7. The number of carbonyl (C=O) groups excluding carboxylic acids is 4. The Hall–Kier alpha value is -5.38. The number of aliphatic hydroxyl groups excluding tert-OH is 2. The van der Waals surface area contributed by atoms with Gasteiger partial charge in [-0.25, -0.2) is 4.79 Å². The van der Waals surface area contributed by atoms with Crippen LogP contribution in [0.3, 0.4) is 0 Å². The second-order valence-electron chi connectivity index (χ2n) is 16.4. The molecule has 0 saturated carbocycles. The number of aliphatic hydroxyl groups is 2. The Morgan fingerprint density at radius 2 is 1.62 bits per heavy atom. The molecule has 5 rings (SSSR count). The monoisotopic (exact) mass is 848 g/mol. The van der Waals surface area contributed by atoms with Gasteiger partial charge < -0.3 is 54.0 Å². The van der Waals surface area contributed by atoms with E-state index in [4.69, 9.17) is 23.7 Å². The van der Waals surface area contributed by atoms with Gasteiger partial charge in [0.1, 0.15) is 17.6 Å². The fraction of sp³-hybridized carbons (Fsp3) is 0.522. The molecule has 61 heavy (non-hydrogen) atoms. The van der Waals surface area contributed by atoms with Crippen LogP contribution < -0.4 is 10.1 Å². The fourth-order valence-corrected chi connectivity index (χ4v) is 8.70. The molecule has 9 unspecified atom stereocenters. The molecule has 0 fully saturated rings. The number of hydrogen-bond acceptors (Lipinski definition) is 13. The normalized spacial score (nSPS) is 27.5. The second-order valence-corrected chi connectivity index (χ2v) is 16.4. The molecule has 0 spiro atoms. The predicted molar refractivity (Wildman–Crippen MR) is 229 cm³/mol. The van der Waals surface area contributed by atoms with Crippen LogP contribution >= 0.6 is 0 Å². The van der Waals surface area contributed by atoms with Crippen LogP contribution in [-0.4, -0.2) is 92.5 Å². The van der Waals surface area contributed by atoms with Gasteiger partial charge in [-0.2, -0.15) is 0 Å². The molecule has 0 aliphatic carbocycles. The number of carbonyl (C=O) groups is 4. The predicted octanol–water partition coefficient (Wildman–Crippen LogP) is 6.67. The van der Waals surface area contributed by atoms with E-state index in [1.54, 1.807) is 58.4 Å². The molecular weight excluding hydrogens is 789 g/mol. The van der Waals surface area contributed by atoms with Crippen molar-refractivity contribution in [3.8, 4) is 17.2 Å². The highest BCUT2D eigenvalue weighted by Gasteiger charge is 2.50. The van der Waals surface area contributed by atoms with Crippen LogP contribution in [0.15, 0.2) is 36.1 Å². The number of phenols is 2. The average molecular weight is 849 g/mol. The molecule has 5 N–H and O–H groups in total. The molecule has 4 bridgehead atoms. The maximum atomic E-state index is 14.8. The van der Waals surface area contributed by atoms with Crippen LogP contribution in [0.4, 0.5) is 5.69 Å². The number of aryl methyl sites for hydroxylation is 1. The summed E-state index contributed by atoms with van der Waals surface area (Å²) in [6.07, 6.45) is 4.59. The molecular formula is C46H60N2O13. The number of benzene rings is 2. The third kappa shape index (κ3) is 8.35. The van der Waals surface area contributed by atoms with Crippen molar-refractivity contribution in [3.05, 3.63) is 58.5 Å². The van der Waals surface area contributed by atoms with Crippen molar-refractivity contribution in [2.24, 2.45) is 30.7 Å². The van der Waals surface area contributed by atoms with Crippen LogP contribution in [0.1, 0.15) is 101 Å². The average Bonchev–Trinajstić information content (AvgIpc) is 3.65. The van der Waals surface area contributed by atoms with E-state index in [0.717, 1.165) is 0 Å². The largest absolute Gasteiger partial charge is 0.507 e. The molecule has 9 atom stereocenters. The number of ether oxygens (including phenoxy) is 5. The van der Waals surface area contributed by atoms with Gasteiger partial charge in [0, 0.05) is 79.3 Å². The highest BCUT2D eigenvalue weighted by molar-refractivity contribution is 6.31. The van der Waals surface area contributed by atoms with Crippen LogP contribution in [0.25, 0.3) is 21.7 Å². The molecule has 2 aromatic carbocycles. The van der Waals surface area contributed by atoms with Crippen molar-refractivity contribution in [2.75, 3.05) is 19.0 Å². The minimum Gasteiger partial charge on any atom is -0.507 e. The number of hydrogen-bond donors (Lipinski definition) is 5. The first kappa shape index (κ1) is 46.7. The number of fused-ring (bicyclic) bond motifs is 1. The number of nitrogens with zero attached hydrogens (tertiary/aromatic N) is 1. The number of anilines is 1. The smallest absolute Gasteiger partial charge is 0.340 e. The number of ketones is 1. The van der Waals surface area contributed by atoms with Crippen molar-refractivity contribution in [3.63, 3.8) is 0 Å². The van der Waals surface area contributed by atoms with Crippen LogP contribution in [0.2, 0.25) is 0 Å². The number of Topliss-reactive ketones (excluding diaryl/α,β-unsaturated/α-hetero) is 1. The topological polar surface area (TPSA) is 212 Å². The number of rotatable bonds is 6. The Morgan fingerprint density at radius 3 is 2.23 bits per heavy atom. The van der Waals surface area contributed by atoms with E-state index in [1.807, 2.05) is 6.92 Å². The molecule has 2 aliphatic rings. The number of methoxy groups -OCH3 is 1.